The molecule has 0 aliphatic rings. The van der Waals surface area contributed by atoms with Gasteiger partial charge in [-0.3, -0.25) is 19.9 Å². The molecule has 0 unspecified atom stereocenters. The Hall–Kier alpha value is -4.40. The van der Waals surface area contributed by atoms with E-state index < -0.39 is 16.6 Å². The summed E-state index contributed by atoms with van der Waals surface area (Å²) < 4.78 is 15.6. The summed E-state index contributed by atoms with van der Waals surface area (Å²) in [5.41, 5.74) is 1.52. The van der Waals surface area contributed by atoms with Crippen LogP contribution in [0.3, 0.4) is 0 Å². The zero-order valence-corrected chi connectivity index (χ0v) is 16.1. The molecule has 2 aromatic carbocycles. The highest BCUT2D eigenvalue weighted by Gasteiger charge is 2.20. The number of halogens is 1. The van der Waals surface area contributed by atoms with Gasteiger partial charge in [-0.05, 0) is 35.9 Å². The molecule has 4 rings (SSSR count). The van der Waals surface area contributed by atoms with Crippen LogP contribution in [0.25, 0.3) is 16.9 Å². The SMILES string of the molecule is O=C(NCc1cccnc1)c1cc(-c2ccccc2F)nn1-c1cccc([N+](=O)[O-])c1. The number of amides is 1. The first-order valence-corrected chi connectivity index (χ1v) is 9.30. The number of nitro benzene ring substituents is 1. The van der Waals surface area contributed by atoms with E-state index in [1.807, 2.05) is 6.07 Å². The van der Waals surface area contributed by atoms with Gasteiger partial charge in [-0.15, -0.1) is 0 Å². The molecular formula is C22H16FN5O3. The van der Waals surface area contributed by atoms with E-state index in [9.17, 15) is 19.3 Å². The molecule has 0 saturated heterocycles. The molecule has 0 spiro atoms. The summed E-state index contributed by atoms with van der Waals surface area (Å²) in [6.45, 7) is 0.224. The summed E-state index contributed by atoms with van der Waals surface area (Å²) in [6, 6.07) is 16.8. The summed E-state index contributed by atoms with van der Waals surface area (Å²) in [4.78, 5) is 27.6. The Labute approximate surface area is 176 Å². The summed E-state index contributed by atoms with van der Waals surface area (Å²) in [5.74, 6) is -0.959. The lowest BCUT2D eigenvalue weighted by atomic mass is 10.1. The van der Waals surface area contributed by atoms with Gasteiger partial charge < -0.3 is 5.32 Å². The van der Waals surface area contributed by atoms with Crippen molar-refractivity contribution in [2.75, 3.05) is 0 Å². The van der Waals surface area contributed by atoms with E-state index in [4.69, 9.17) is 0 Å². The van der Waals surface area contributed by atoms with E-state index in [2.05, 4.69) is 15.4 Å². The van der Waals surface area contributed by atoms with Crippen LogP contribution >= 0.6 is 0 Å². The quantitative estimate of drug-likeness (QED) is 0.378. The van der Waals surface area contributed by atoms with Gasteiger partial charge >= 0.3 is 0 Å². The van der Waals surface area contributed by atoms with Crippen molar-refractivity contribution in [3.8, 4) is 16.9 Å². The Morgan fingerprint density at radius 1 is 1.10 bits per heavy atom. The molecule has 0 saturated carbocycles. The second-order valence-corrected chi connectivity index (χ2v) is 6.63. The number of hydrogen-bond acceptors (Lipinski definition) is 5. The molecule has 0 atom stereocenters. The number of carbonyl (C=O) groups is 1. The van der Waals surface area contributed by atoms with Gasteiger partial charge in [-0.1, -0.05) is 24.3 Å². The van der Waals surface area contributed by atoms with Crippen LogP contribution in [0, 0.1) is 15.9 Å². The summed E-state index contributed by atoms with van der Waals surface area (Å²) in [7, 11) is 0. The maximum atomic E-state index is 14.3. The fraction of sp³-hybridized carbons (Fsp3) is 0.0455. The molecule has 9 heteroatoms. The first kappa shape index (κ1) is 19.9. The van der Waals surface area contributed by atoms with E-state index >= 15 is 0 Å². The molecule has 8 nitrogen and oxygen atoms in total. The summed E-state index contributed by atoms with van der Waals surface area (Å²) in [5, 5.41) is 18.3. The zero-order chi connectivity index (χ0) is 21.8. The third kappa shape index (κ3) is 4.30. The fourth-order valence-corrected chi connectivity index (χ4v) is 3.05. The lowest BCUT2D eigenvalue weighted by molar-refractivity contribution is -0.384. The Morgan fingerprint density at radius 3 is 2.68 bits per heavy atom. The maximum absolute atomic E-state index is 14.3. The van der Waals surface area contributed by atoms with Gasteiger partial charge in [0.2, 0.25) is 0 Å². The number of rotatable bonds is 6. The van der Waals surface area contributed by atoms with Crippen LogP contribution in [0.5, 0.6) is 0 Å². The molecule has 2 aromatic heterocycles. The van der Waals surface area contributed by atoms with Crippen molar-refractivity contribution in [2.24, 2.45) is 0 Å². The molecule has 0 radical (unpaired) electrons. The van der Waals surface area contributed by atoms with Crippen LogP contribution in [0.1, 0.15) is 16.1 Å². The molecule has 0 bridgehead atoms. The number of nitrogens with one attached hydrogen (secondary N) is 1. The molecule has 31 heavy (non-hydrogen) atoms. The van der Waals surface area contributed by atoms with Gasteiger partial charge in [-0.2, -0.15) is 5.10 Å². The maximum Gasteiger partial charge on any atom is 0.271 e. The molecule has 2 heterocycles. The van der Waals surface area contributed by atoms with Crippen molar-refractivity contribution in [2.45, 2.75) is 6.54 Å². The minimum atomic E-state index is -0.535. The lowest BCUT2D eigenvalue weighted by Gasteiger charge is -2.08. The lowest BCUT2D eigenvalue weighted by Crippen LogP contribution is -2.25. The number of pyridine rings is 1. The van der Waals surface area contributed by atoms with Crippen molar-refractivity contribution < 1.29 is 14.1 Å². The monoisotopic (exact) mass is 417 g/mol. The highest BCUT2D eigenvalue weighted by molar-refractivity contribution is 5.94. The molecule has 4 aromatic rings. The second-order valence-electron chi connectivity index (χ2n) is 6.63. The normalized spacial score (nSPS) is 10.6. The van der Waals surface area contributed by atoms with Crippen molar-refractivity contribution in [1.82, 2.24) is 20.1 Å². The molecule has 0 aliphatic carbocycles. The molecular weight excluding hydrogens is 401 g/mol. The fourth-order valence-electron chi connectivity index (χ4n) is 3.05. The first-order valence-electron chi connectivity index (χ1n) is 9.30. The summed E-state index contributed by atoms with van der Waals surface area (Å²) in [6.07, 6.45) is 3.26. The predicted molar refractivity (Wildman–Crippen MR) is 111 cm³/mol. The van der Waals surface area contributed by atoms with Gasteiger partial charge in [0.1, 0.15) is 11.5 Å². The van der Waals surface area contributed by atoms with Crippen LogP contribution < -0.4 is 5.32 Å². The number of nitrogens with zero attached hydrogens (tertiary/aromatic N) is 4. The second kappa shape index (κ2) is 8.54. The zero-order valence-electron chi connectivity index (χ0n) is 16.1. The van der Waals surface area contributed by atoms with Crippen LogP contribution in [-0.4, -0.2) is 25.6 Å². The van der Waals surface area contributed by atoms with Crippen molar-refractivity contribution in [3.05, 3.63) is 106 Å². The highest BCUT2D eigenvalue weighted by Crippen LogP contribution is 2.25. The first-order chi connectivity index (χ1) is 15.0. The number of benzene rings is 2. The van der Waals surface area contributed by atoms with Crippen molar-refractivity contribution >= 4 is 11.6 Å². The number of hydrogen-bond donors (Lipinski definition) is 1. The summed E-state index contributed by atoms with van der Waals surface area (Å²) >= 11 is 0. The van der Waals surface area contributed by atoms with Gasteiger partial charge in [0.15, 0.2) is 0 Å². The van der Waals surface area contributed by atoms with Crippen LogP contribution in [0.15, 0.2) is 79.1 Å². The molecule has 1 amide bonds. The number of carbonyl (C=O) groups excluding carboxylic acids is 1. The largest absolute Gasteiger partial charge is 0.347 e. The number of nitro groups is 1. The Bertz CT molecular complexity index is 1260. The average molecular weight is 417 g/mol. The topological polar surface area (TPSA) is 103 Å². The third-order valence-electron chi connectivity index (χ3n) is 4.55. The van der Waals surface area contributed by atoms with Gasteiger partial charge in [0, 0.05) is 36.6 Å². The van der Waals surface area contributed by atoms with Crippen LogP contribution in [-0.2, 0) is 6.54 Å². The minimum Gasteiger partial charge on any atom is -0.347 e. The highest BCUT2D eigenvalue weighted by atomic mass is 19.1. The van der Waals surface area contributed by atoms with E-state index in [0.717, 1.165) is 5.56 Å². The smallest absolute Gasteiger partial charge is 0.271 e. The van der Waals surface area contributed by atoms with Crippen LogP contribution in [0.4, 0.5) is 10.1 Å². The van der Waals surface area contributed by atoms with E-state index in [0.29, 0.717) is 5.69 Å². The van der Waals surface area contributed by atoms with Crippen LogP contribution in [0.2, 0.25) is 0 Å². The van der Waals surface area contributed by atoms with Gasteiger partial charge in [0.05, 0.1) is 16.3 Å². The minimum absolute atomic E-state index is 0.114. The molecule has 0 fully saturated rings. The number of aromatic nitrogens is 3. The van der Waals surface area contributed by atoms with E-state index in [1.165, 1.54) is 35.0 Å². The predicted octanol–water partition coefficient (Wildman–Crippen LogP) is 3.91. The number of non-ortho nitro benzene ring substituents is 1. The Balaban J connectivity index is 1.75. The Kier molecular flexibility index (Phi) is 5.48. The van der Waals surface area contributed by atoms with Crippen molar-refractivity contribution in [3.63, 3.8) is 0 Å². The average Bonchev–Trinajstić information content (AvgIpc) is 3.24. The van der Waals surface area contributed by atoms with Gasteiger partial charge in [-0.25, -0.2) is 9.07 Å². The molecule has 1 N–H and O–H groups in total. The van der Waals surface area contributed by atoms with E-state index in [1.54, 1.807) is 42.7 Å². The Morgan fingerprint density at radius 2 is 1.94 bits per heavy atom. The third-order valence-corrected chi connectivity index (χ3v) is 4.55. The standard InChI is InChI=1S/C22H16FN5O3/c23-19-9-2-1-8-18(19)20-12-21(22(29)25-14-15-5-4-10-24-13-15)27(26-20)16-6-3-7-17(11-16)28(30)31/h1-13H,14H2,(H,25,29). The van der Waals surface area contributed by atoms with E-state index in [-0.39, 0.29) is 29.2 Å². The molecule has 154 valence electrons. The molecule has 0 aliphatic heterocycles. The van der Waals surface area contributed by atoms with Crippen molar-refractivity contribution in [1.29, 1.82) is 0 Å². The van der Waals surface area contributed by atoms with Gasteiger partial charge in [0.25, 0.3) is 11.6 Å².